The van der Waals surface area contributed by atoms with Gasteiger partial charge in [-0.15, -0.1) is 11.3 Å². The minimum atomic E-state index is 0.873. The van der Waals surface area contributed by atoms with Crippen LogP contribution in [0.5, 0.6) is 0 Å². The number of thiophene rings is 1. The fourth-order valence-electron chi connectivity index (χ4n) is 7.36. The second-order valence-electron chi connectivity index (χ2n) is 12.5. The summed E-state index contributed by atoms with van der Waals surface area (Å²) in [7, 11) is 0. The lowest BCUT2D eigenvalue weighted by Crippen LogP contribution is -2.12. The first-order valence-electron chi connectivity index (χ1n) is 16.6. The predicted octanol–water partition coefficient (Wildman–Crippen LogP) is 13.9. The van der Waals surface area contributed by atoms with E-state index in [0.717, 1.165) is 55.5 Å². The molecule has 8 aromatic carbocycles. The van der Waals surface area contributed by atoms with Crippen LogP contribution >= 0.6 is 11.3 Å². The summed E-state index contributed by atoms with van der Waals surface area (Å²) < 4.78 is 9.63. The molecule has 0 saturated carbocycles. The molecule has 2 heterocycles. The van der Waals surface area contributed by atoms with Crippen molar-refractivity contribution in [2.75, 3.05) is 4.90 Å². The van der Waals surface area contributed by atoms with Crippen LogP contribution in [0.25, 0.3) is 75.1 Å². The van der Waals surface area contributed by atoms with Crippen LogP contribution in [0.2, 0.25) is 0 Å². The Labute approximate surface area is 287 Å². The zero-order chi connectivity index (χ0) is 32.3. The quantitative estimate of drug-likeness (QED) is 0.186. The lowest BCUT2D eigenvalue weighted by Gasteiger charge is -2.28. The van der Waals surface area contributed by atoms with Gasteiger partial charge in [0.05, 0.1) is 16.1 Å². The number of nitrogens with zero attached hydrogens (tertiary/aromatic N) is 1. The van der Waals surface area contributed by atoms with E-state index < -0.39 is 0 Å². The Bertz CT molecular complexity index is 2810. The highest BCUT2D eigenvalue weighted by Crippen LogP contribution is 2.51. The second-order valence-corrected chi connectivity index (χ2v) is 13.5. The van der Waals surface area contributed by atoms with Crippen LogP contribution in [0.3, 0.4) is 0 Å². The molecule has 2 aromatic heterocycles. The SMILES string of the molecule is c1ccc(-c2ccc(N(c3c(-c4ccccc4)ccc4c3oc3c5ccccc5ccc43)c3cccc4c3sc3ccccc34)cc2)cc1. The molecule has 10 rings (SSSR count). The van der Waals surface area contributed by atoms with Crippen LogP contribution in [0.1, 0.15) is 0 Å². The Morgan fingerprint density at radius 1 is 0.408 bits per heavy atom. The fraction of sp³-hybridized carbons (Fsp3) is 0. The molecule has 0 atom stereocenters. The van der Waals surface area contributed by atoms with Crippen molar-refractivity contribution in [3.63, 3.8) is 0 Å². The van der Waals surface area contributed by atoms with E-state index >= 15 is 0 Å². The third kappa shape index (κ3) is 4.47. The highest BCUT2D eigenvalue weighted by atomic mass is 32.1. The standard InChI is InChI=1S/C46H29NOS/c1-3-12-30(13-4-1)31-22-25-34(26-23-31)47(41-20-11-19-40-37-18-9-10-21-42(37)49-46(40)41)43-35(32-14-5-2-6-15-32)28-29-39-38-27-24-33-16-7-8-17-36(33)44(38)48-45(39)43/h1-29H. The summed E-state index contributed by atoms with van der Waals surface area (Å²) in [6, 6.07) is 63.1. The van der Waals surface area contributed by atoms with Crippen LogP contribution in [0, 0.1) is 0 Å². The number of hydrogen-bond acceptors (Lipinski definition) is 3. The average Bonchev–Trinajstić information content (AvgIpc) is 3.76. The van der Waals surface area contributed by atoms with Gasteiger partial charge in [-0.3, -0.25) is 0 Å². The maximum Gasteiger partial charge on any atom is 0.160 e. The van der Waals surface area contributed by atoms with Gasteiger partial charge in [-0.2, -0.15) is 0 Å². The molecular formula is C46H29NOS. The molecule has 0 N–H and O–H groups in total. The zero-order valence-electron chi connectivity index (χ0n) is 26.5. The summed E-state index contributed by atoms with van der Waals surface area (Å²) in [5.41, 5.74) is 9.64. The fourth-order valence-corrected chi connectivity index (χ4v) is 8.56. The number of anilines is 3. The molecule has 49 heavy (non-hydrogen) atoms. The van der Waals surface area contributed by atoms with Crippen molar-refractivity contribution in [2.24, 2.45) is 0 Å². The van der Waals surface area contributed by atoms with Gasteiger partial charge in [0, 0.05) is 42.9 Å². The highest BCUT2D eigenvalue weighted by Gasteiger charge is 2.26. The van der Waals surface area contributed by atoms with Gasteiger partial charge in [0.15, 0.2) is 5.58 Å². The maximum absolute atomic E-state index is 7.11. The molecule has 0 aliphatic rings. The Morgan fingerprint density at radius 2 is 1.04 bits per heavy atom. The summed E-state index contributed by atoms with van der Waals surface area (Å²) in [4.78, 5) is 2.43. The molecule has 0 radical (unpaired) electrons. The van der Waals surface area contributed by atoms with Crippen molar-refractivity contribution in [1.82, 2.24) is 0 Å². The molecule has 0 spiro atoms. The Kier molecular flexibility index (Phi) is 6.39. The first-order chi connectivity index (χ1) is 24.3. The smallest absolute Gasteiger partial charge is 0.160 e. The van der Waals surface area contributed by atoms with Crippen molar-refractivity contribution in [3.8, 4) is 22.3 Å². The lowest BCUT2D eigenvalue weighted by molar-refractivity contribution is 0.673. The van der Waals surface area contributed by atoms with Gasteiger partial charge in [-0.25, -0.2) is 0 Å². The molecule has 0 fully saturated rings. The van der Waals surface area contributed by atoms with Crippen LogP contribution in [0.15, 0.2) is 180 Å². The lowest BCUT2D eigenvalue weighted by atomic mass is 9.98. The van der Waals surface area contributed by atoms with Gasteiger partial charge >= 0.3 is 0 Å². The summed E-state index contributed by atoms with van der Waals surface area (Å²) >= 11 is 1.85. The topological polar surface area (TPSA) is 16.4 Å². The number of rotatable bonds is 5. The molecule has 0 aliphatic carbocycles. The van der Waals surface area contributed by atoms with E-state index in [1.54, 1.807) is 0 Å². The van der Waals surface area contributed by atoms with E-state index in [9.17, 15) is 0 Å². The molecule has 0 saturated heterocycles. The molecular weight excluding hydrogens is 615 g/mol. The number of fused-ring (bicyclic) bond motifs is 8. The minimum Gasteiger partial charge on any atom is -0.453 e. The average molecular weight is 644 g/mol. The van der Waals surface area contributed by atoms with E-state index in [2.05, 4.69) is 181 Å². The summed E-state index contributed by atoms with van der Waals surface area (Å²) in [5.74, 6) is 0. The van der Waals surface area contributed by atoms with E-state index in [4.69, 9.17) is 4.42 Å². The van der Waals surface area contributed by atoms with Gasteiger partial charge < -0.3 is 9.32 Å². The maximum atomic E-state index is 7.11. The Hall–Kier alpha value is -6.16. The van der Waals surface area contributed by atoms with Crippen LogP contribution in [-0.4, -0.2) is 0 Å². The first-order valence-corrected chi connectivity index (χ1v) is 17.4. The molecule has 0 aliphatic heterocycles. The third-order valence-corrected chi connectivity index (χ3v) is 10.9. The molecule has 0 unspecified atom stereocenters. The van der Waals surface area contributed by atoms with E-state index in [-0.39, 0.29) is 0 Å². The van der Waals surface area contributed by atoms with Crippen LogP contribution in [-0.2, 0) is 0 Å². The first kappa shape index (κ1) is 27.9. The predicted molar refractivity (Wildman–Crippen MR) is 210 cm³/mol. The van der Waals surface area contributed by atoms with Gasteiger partial charge in [0.2, 0.25) is 0 Å². The van der Waals surface area contributed by atoms with Crippen molar-refractivity contribution < 1.29 is 4.42 Å². The Balaban J connectivity index is 1.33. The van der Waals surface area contributed by atoms with Crippen LogP contribution in [0.4, 0.5) is 17.1 Å². The van der Waals surface area contributed by atoms with Crippen molar-refractivity contribution in [3.05, 3.63) is 176 Å². The number of benzene rings is 8. The normalized spacial score (nSPS) is 11.7. The molecule has 0 amide bonds. The zero-order valence-corrected chi connectivity index (χ0v) is 27.3. The van der Waals surface area contributed by atoms with E-state index in [1.165, 1.54) is 36.7 Å². The monoisotopic (exact) mass is 643 g/mol. The van der Waals surface area contributed by atoms with Crippen LogP contribution < -0.4 is 4.90 Å². The van der Waals surface area contributed by atoms with E-state index in [0.29, 0.717) is 0 Å². The van der Waals surface area contributed by atoms with Gasteiger partial charge in [0.1, 0.15) is 5.58 Å². The van der Waals surface area contributed by atoms with Gasteiger partial charge in [0.25, 0.3) is 0 Å². The summed E-state index contributed by atoms with van der Waals surface area (Å²) in [6.45, 7) is 0. The summed E-state index contributed by atoms with van der Waals surface area (Å²) in [6.07, 6.45) is 0. The van der Waals surface area contributed by atoms with Crippen molar-refractivity contribution in [1.29, 1.82) is 0 Å². The largest absolute Gasteiger partial charge is 0.453 e. The highest BCUT2D eigenvalue weighted by molar-refractivity contribution is 7.26. The van der Waals surface area contributed by atoms with Gasteiger partial charge in [-0.1, -0.05) is 140 Å². The molecule has 230 valence electrons. The second kappa shape index (κ2) is 11.2. The Morgan fingerprint density at radius 3 is 1.86 bits per heavy atom. The number of hydrogen-bond donors (Lipinski definition) is 0. The molecule has 3 heteroatoms. The molecule has 0 bridgehead atoms. The molecule has 2 nitrogen and oxygen atoms in total. The molecule has 10 aromatic rings. The third-order valence-electron chi connectivity index (χ3n) is 9.67. The van der Waals surface area contributed by atoms with Crippen molar-refractivity contribution in [2.45, 2.75) is 0 Å². The van der Waals surface area contributed by atoms with Gasteiger partial charge in [-0.05, 0) is 58.5 Å². The minimum absolute atomic E-state index is 0.873. The number of furan rings is 1. The van der Waals surface area contributed by atoms with E-state index in [1.807, 2.05) is 11.3 Å². The summed E-state index contributed by atoms with van der Waals surface area (Å²) in [5, 5.41) is 7.04. The van der Waals surface area contributed by atoms with Crippen molar-refractivity contribution >= 4 is 81.3 Å².